The molecule has 4 aromatic rings. The van der Waals surface area contributed by atoms with Crippen LogP contribution in [0.1, 0.15) is 45.8 Å². The van der Waals surface area contributed by atoms with Crippen LogP contribution in [-0.4, -0.2) is 39.8 Å². The van der Waals surface area contributed by atoms with Crippen molar-refractivity contribution in [2.75, 3.05) is 23.9 Å². The standard InChI is InChI=1S/C35H36N4O3S/c1-23-20-25(3)33(21-24(23)2)43(41,42)39-31-11-7-6-9-29(31)28-8-4-5-10-30(28)32(39)22-34(40)36-17-16-26-12-14-27(15-13-26)35-37-18-19-38-35/h4-15,20-21,32H,16-19,22H2,1-3H3,(H,36,40)(H,37,38). The van der Waals surface area contributed by atoms with Gasteiger partial charge in [-0.2, -0.15) is 0 Å². The molecule has 1 amide bonds. The number of anilines is 1. The summed E-state index contributed by atoms with van der Waals surface area (Å²) in [5, 5.41) is 6.33. The lowest BCUT2D eigenvalue weighted by atomic mass is 9.88. The molecule has 2 aliphatic heterocycles. The second-order valence-electron chi connectivity index (χ2n) is 11.3. The molecular formula is C35H36N4O3S. The first-order valence-electron chi connectivity index (χ1n) is 14.7. The molecule has 2 heterocycles. The molecule has 0 bridgehead atoms. The van der Waals surface area contributed by atoms with Gasteiger partial charge in [0.1, 0.15) is 5.84 Å². The molecule has 0 aromatic heterocycles. The Balaban J connectivity index is 1.27. The first kappa shape index (κ1) is 28.7. The lowest BCUT2D eigenvalue weighted by Gasteiger charge is -2.39. The van der Waals surface area contributed by atoms with Gasteiger partial charge >= 0.3 is 0 Å². The molecule has 0 aliphatic carbocycles. The summed E-state index contributed by atoms with van der Waals surface area (Å²) in [5.41, 5.74) is 7.97. The zero-order valence-electron chi connectivity index (χ0n) is 24.7. The molecule has 220 valence electrons. The van der Waals surface area contributed by atoms with Gasteiger partial charge in [-0.25, -0.2) is 8.42 Å². The number of aryl methyl sites for hydroxylation is 3. The van der Waals surface area contributed by atoms with Gasteiger partial charge in [-0.3, -0.25) is 14.1 Å². The zero-order chi connectivity index (χ0) is 30.1. The minimum atomic E-state index is -4.02. The SMILES string of the molecule is Cc1cc(C)c(S(=O)(=O)N2c3ccccc3-c3ccccc3C2CC(=O)NCCc2ccc(C3=NCCN3)cc2)cc1C. The third-order valence-corrected chi connectivity index (χ3v) is 10.3. The van der Waals surface area contributed by atoms with Crippen LogP contribution in [0.2, 0.25) is 0 Å². The number of amides is 1. The second-order valence-corrected chi connectivity index (χ2v) is 13.1. The van der Waals surface area contributed by atoms with Gasteiger partial charge in [0.25, 0.3) is 10.0 Å². The van der Waals surface area contributed by atoms with Crippen molar-refractivity contribution < 1.29 is 13.2 Å². The average molecular weight is 593 g/mol. The molecule has 4 aromatic carbocycles. The van der Waals surface area contributed by atoms with E-state index in [1.807, 2.05) is 87.5 Å². The summed E-state index contributed by atoms with van der Waals surface area (Å²) in [6, 6.07) is 26.5. The van der Waals surface area contributed by atoms with Gasteiger partial charge < -0.3 is 10.6 Å². The van der Waals surface area contributed by atoms with E-state index in [0.717, 1.165) is 57.9 Å². The maximum Gasteiger partial charge on any atom is 0.265 e. The molecule has 6 rings (SSSR count). The van der Waals surface area contributed by atoms with Crippen LogP contribution in [0.5, 0.6) is 0 Å². The van der Waals surface area contributed by atoms with Gasteiger partial charge in [0, 0.05) is 24.2 Å². The highest BCUT2D eigenvalue weighted by Crippen LogP contribution is 2.48. The molecule has 8 heteroatoms. The minimum Gasteiger partial charge on any atom is -0.368 e. The Morgan fingerprint density at radius 2 is 1.60 bits per heavy atom. The molecule has 1 atom stereocenters. The van der Waals surface area contributed by atoms with Gasteiger partial charge in [0.15, 0.2) is 0 Å². The molecule has 2 N–H and O–H groups in total. The van der Waals surface area contributed by atoms with Crippen molar-refractivity contribution in [2.45, 2.75) is 44.6 Å². The van der Waals surface area contributed by atoms with Gasteiger partial charge in [0.05, 0.1) is 29.6 Å². The number of nitrogens with one attached hydrogen (secondary N) is 2. The van der Waals surface area contributed by atoms with Crippen LogP contribution in [0.4, 0.5) is 5.69 Å². The predicted octanol–water partition coefficient (Wildman–Crippen LogP) is 5.63. The van der Waals surface area contributed by atoms with Gasteiger partial charge in [-0.15, -0.1) is 0 Å². The van der Waals surface area contributed by atoms with Crippen LogP contribution in [0.3, 0.4) is 0 Å². The van der Waals surface area contributed by atoms with Crippen LogP contribution in [0.15, 0.2) is 94.8 Å². The summed E-state index contributed by atoms with van der Waals surface area (Å²) in [4.78, 5) is 18.2. The fraction of sp³-hybridized carbons (Fsp3) is 0.257. The molecule has 0 saturated heterocycles. The van der Waals surface area contributed by atoms with Crippen LogP contribution in [-0.2, 0) is 21.2 Å². The number of amidine groups is 1. The first-order valence-corrected chi connectivity index (χ1v) is 16.1. The van der Waals surface area contributed by atoms with E-state index in [4.69, 9.17) is 0 Å². The molecule has 0 fully saturated rings. The summed E-state index contributed by atoms with van der Waals surface area (Å²) < 4.78 is 30.6. The Hall–Kier alpha value is -4.43. The second kappa shape index (κ2) is 11.7. The van der Waals surface area contributed by atoms with E-state index in [-0.39, 0.29) is 17.2 Å². The lowest BCUT2D eigenvalue weighted by molar-refractivity contribution is -0.121. The number of carbonyl (C=O) groups is 1. The number of carbonyl (C=O) groups excluding carboxylic acids is 1. The summed E-state index contributed by atoms with van der Waals surface area (Å²) in [5.74, 6) is 0.724. The Morgan fingerprint density at radius 1 is 0.907 bits per heavy atom. The van der Waals surface area contributed by atoms with Crippen LogP contribution in [0, 0.1) is 20.8 Å². The summed E-state index contributed by atoms with van der Waals surface area (Å²) in [6.07, 6.45) is 0.665. The number of para-hydroxylation sites is 1. The summed E-state index contributed by atoms with van der Waals surface area (Å²) in [6.45, 7) is 7.84. The van der Waals surface area contributed by atoms with E-state index in [0.29, 0.717) is 24.2 Å². The van der Waals surface area contributed by atoms with Crippen LogP contribution in [0.25, 0.3) is 11.1 Å². The Kier molecular flexibility index (Phi) is 7.79. The third-order valence-electron chi connectivity index (χ3n) is 8.38. The van der Waals surface area contributed by atoms with E-state index in [9.17, 15) is 13.2 Å². The van der Waals surface area contributed by atoms with E-state index >= 15 is 0 Å². The highest BCUT2D eigenvalue weighted by molar-refractivity contribution is 7.93. The molecule has 2 aliphatic rings. The minimum absolute atomic E-state index is 0.00109. The van der Waals surface area contributed by atoms with Crippen molar-refractivity contribution >= 4 is 27.5 Å². The number of hydrogen-bond donors (Lipinski definition) is 2. The summed E-state index contributed by atoms with van der Waals surface area (Å²) in [7, 11) is -4.02. The molecule has 0 spiro atoms. The Bertz CT molecular complexity index is 1830. The number of sulfonamides is 1. The average Bonchev–Trinajstić information content (AvgIpc) is 3.54. The smallest absolute Gasteiger partial charge is 0.265 e. The molecule has 7 nitrogen and oxygen atoms in total. The van der Waals surface area contributed by atoms with E-state index in [1.54, 1.807) is 6.07 Å². The van der Waals surface area contributed by atoms with Crippen molar-refractivity contribution in [3.63, 3.8) is 0 Å². The maximum absolute atomic E-state index is 14.5. The van der Waals surface area contributed by atoms with E-state index in [1.165, 1.54) is 4.31 Å². The summed E-state index contributed by atoms with van der Waals surface area (Å²) >= 11 is 0. The van der Waals surface area contributed by atoms with E-state index in [2.05, 4.69) is 27.8 Å². The fourth-order valence-corrected chi connectivity index (χ4v) is 7.99. The number of benzene rings is 4. The Morgan fingerprint density at radius 3 is 2.35 bits per heavy atom. The molecular weight excluding hydrogens is 556 g/mol. The predicted molar refractivity (Wildman–Crippen MR) is 172 cm³/mol. The zero-order valence-corrected chi connectivity index (χ0v) is 25.5. The normalized spacial score (nSPS) is 15.7. The third kappa shape index (κ3) is 5.55. The van der Waals surface area contributed by atoms with Crippen LogP contribution < -0.4 is 14.9 Å². The number of aliphatic imine (C=N–C) groups is 1. The van der Waals surface area contributed by atoms with Crippen LogP contribution >= 0.6 is 0 Å². The largest absolute Gasteiger partial charge is 0.368 e. The van der Waals surface area contributed by atoms with Gasteiger partial charge in [-0.05, 0) is 72.7 Å². The maximum atomic E-state index is 14.5. The first-order chi connectivity index (χ1) is 20.7. The Labute approximate surface area is 253 Å². The van der Waals surface area contributed by atoms with Gasteiger partial charge in [-0.1, -0.05) is 72.8 Å². The van der Waals surface area contributed by atoms with Crippen molar-refractivity contribution in [1.29, 1.82) is 0 Å². The monoisotopic (exact) mass is 592 g/mol. The topological polar surface area (TPSA) is 90.9 Å². The molecule has 43 heavy (non-hydrogen) atoms. The number of nitrogens with zero attached hydrogens (tertiary/aromatic N) is 2. The van der Waals surface area contributed by atoms with Crippen molar-refractivity contribution in [3.8, 4) is 11.1 Å². The quantitative estimate of drug-likeness (QED) is 0.278. The van der Waals surface area contributed by atoms with Crippen molar-refractivity contribution in [3.05, 3.63) is 118 Å². The van der Waals surface area contributed by atoms with Gasteiger partial charge in [0.2, 0.25) is 5.91 Å². The fourth-order valence-electron chi connectivity index (χ4n) is 6.04. The number of rotatable bonds is 8. The lowest BCUT2D eigenvalue weighted by Crippen LogP contribution is -2.40. The molecule has 0 saturated carbocycles. The highest BCUT2D eigenvalue weighted by Gasteiger charge is 2.40. The highest BCUT2D eigenvalue weighted by atomic mass is 32.2. The molecule has 1 unspecified atom stereocenters. The number of fused-ring (bicyclic) bond motifs is 3. The van der Waals surface area contributed by atoms with Crippen molar-refractivity contribution in [2.24, 2.45) is 4.99 Å². The van der Waals surface area contributed by atoms with Crippen molar-refractivity contribution in [1.82, 2.24) is 10.6 Å². The molecule has 0 radical (unpaired) electrons. The van der Waals surface area contributed by atoms with E-state index < -0.39 is 16.1 Å². The number of hydrogen-bond acceptors (Lipinski definition) is 5.